The van der Waals surface area contributed by atoms with Gasteiger partial charge in [-0.2, -0.15) is 0 Å². The first kappa shape index (κ1) is 12.7. The van der Waals surface area contributed by atoms with Gasteiger partial charge >= 0.3 is 0 Å². The molecule has 18 heavy (non-hydrogen) atoms. The van der Waals surface area contributed by atoms with Crippen molar-refractivity contribution in [2.24, 2.45) is 0 Å². The Morgan fingerprint density at radius 3 is 2.61 bits per heavy atom. The van der Waals surface area contributed by atoms with Gasteiger partial charge in [-0.1, -0.05) is 30.3 Å². The fourth-order valence-electron chi connectivity index (χ4n) is 1.62. The van der Waals surface area contributed by atoms with Gasteiger partial charge in [0.05, 0.1) is 5.88 Å². The lowest BCUT2D eigenvalue weighted by Gasteiger charge is -2.03. The van der Waals surface area contributed by atoms with Gasteiger partial charge in [-0.3, -0.25) is 4.79 Å². The number of hydrogen-bond donors (Lipinski definition) is 1. The maximum atomic E-state index is 11.7. The van der Waals surface area contributed by atoms with Crippen molar-refractivity contribution in [2.45, 2.75) is 12.3 Å². The van der Waals surface area contributed by atoms with Crippen LogP contribution in [0.15, 0.2) is 46.9 Å². The Morgan fingerprint density at radius 2 is 1.94 bits per heavy atom. The van der Waals surface area contributed by atoms with E-state index in [1.54, 1.807) is 12.1 Å². The van der Waals surface area contributed by atoms with Gasteiger partial charge in [0.2, 0.25) is 0 Å². The summed E-state index contributed by atoms with van der Waals surface area (Å²) in [4.78, 5) is 11.7. The molecule has 3 nitrogen and oxygen atoms in total. The number of nitrogens with one attached hydrogen (secondary N) is 1. The lowest BCUT2D eigenvalue weighted by atomic mass is 10.1. The second-order valence-corrected chi connectivity index (χ2v) is 4.16. The van der Waals surface area contributed by atoms with E-state index in [9.17, 15) is 4.79 Å². The Kier molecular flexibility index (Phi) is 4.42. The van der Waals surface area contributed by atoms with Crippen LogP contribution in [0.3, 0.4) is 0 Å². The van der Waals surface area contributed by atoms with Crippen LogP contribution in [0.25, 0.3) is 0 Å². The zero-order valence-electron chi connectivity index (χ0n) is 9.86. The summed E-state index contributed by atoms with van der Waals surface area (Å²) < 4.78 is 5.25. The van der Waals surface area contributed by atoms with Gasteiger partial charge in [0.25, 0.3) is 5.91 Å². The lowest BCUT2D eigenvalue weighted by Crippen LogP contribution is -2.25. The minimum Gasteiger partial charge on any atom is -0.455 e. The molecule has 0 spiro atoms. The summed E-state index contributed by atoms with van der Waals surface area (Å²) in [6.07, 6.45) is 0.801. The van der Waals surface area contributed by atoms with Crippen LogP contribution < -0.4 is 5.32 Å². The molecule has 2 aromatic rings. The summed E-state index contributed by atoms with van der Waals surface area (Å²) in [6, 6.07) is 13.3. The van der Waals surface area contributed by atoms with Crippen LogP contribution in [0, 0.1) is 0 Å². The van der Waals surface area contributed by atoms with Crippen molar-refractivity contribution in [3.63, 3.8) is 0 Å². The third-order valence-electron chi connectivity index (χ3n) is 2.56. The van der Waals surface area contributed by atoms with Crippen molar-refractivity contribution >= 4 is 17.5 Å². The van der Waals surface area contributed by atoms with Crippen LogP contribution in [0.2, 0.25) is 0 Å². The highest BCUT2D eigenvalue weighted by Gasteiger charge is 2.09. The number of hydrogen-bond acceptors (Lipinski definition) is 2. The minimum atomic E-state index is -0.206. The van der Waals surface area contributed by atoms with Gasteiger partial charge < -0.3 is 9.73 Å². The molecule has 0 saturated carbocycles. The average molecular weight is 264 g/mol. The van der Waals surface area contributed by atoms with Crippen LogP contribution in [-0.2, 0) is 12.3 Å². The van der Waals surface area contributed by atoms with Gasteiger partial charge in [0, 0.05) is 6.54 Å². The number of carbonyl (C=O) groups is 1. The number of furan rings is 1. The van der Waals surface area contributed by atoms with E-state index >= 15 is 0 Å². The maximum Gasteiger partial charge on any atom is 0.287 e. The van der Waals surface area contributed by atoms with Gasteiger partial charge in [0.15, 0.2) is 5.76 Å². The largest absolute Gasteiger partial charge is 0.455 e. The fraction of sp³-hybridized carbons (Fsp3) is 0.214. The molecule has 0 bridgehead atoms. The van der Waals surface area contributed by atoms with Crippen LogP contribution in [-0.4, -0.2) is 12.5 Å². The highest BCUT2D eigenvalue weighted by atomic mass is 35.5. The number of amides is 1. The highest BCUT2D eigenvalue weighted by molar-refractivity contribution is 6.16. The van der Waals surface area contributed by atoms with Gasteiger partial charge in [-0.15, -0.1) is 11.6 Å². The molecule has 1 amide bonds. The second-order valence-electron chi connectivity index (χ2n) is 3.89. The molecule has 0 aliphatic carbocycles. The highest BCUT2D eigenvalue weighted by Crippen LogP contribution is 2.09. The van der Waals surface area contributed by atoms with Gasteiger partial charge in [-0.25, -0.2) is 0 Å². The number of rotatable bonds is 5. The number of benzene rings is 1. The molecule has 1 aromatic carbocycles. The Morgan fingerprint density at radius 1 is 1.17 bits per heavy atom. The van der Waals surface area contributed by atoms with Crippen molar-refractivity contribution in [1.29, 1.82) is 0 Å². The second kappa shape index (κ2) is 6.26. The first-order valence-electron chi connectivity index (χ1n) is 5.76. The Bertz CT molecular complexity index is 508. The van der Waals surface area contributed by atoms with E-state index in [0.717, 1.165) is 6.42 Å². The number of halogens is 1. The van der Waals surface area contributed by atoms with Crippen molar-refractivity contribution in [1.82, 2.24) is 5.32 Å². The Labute approximate surface area is 111 Å². The summed E-state index contributed by atoms with van der Waals surface area (Å²) in [5.74, 6) is 0.975. The molecule has 94 valence electrons. The molecule has 2 rings (SSSR count). The molecule has 0 aliphatic rings. The van der Waals surface area contributed by atoms with Crippen molar-refractivity contribution < 1.29 is 9.21 Å². The zero-order valence-corrected chi connectivity index (χ0v) is 10.6. The first-order valence-corrected chi connectivity index (χ1v) is 6.30. The molecule has 1 heterocycles. The number of carbonyl (C=O) groups excluding carboxylic acids is 1. The summed E-state index contributed by atoms with van der Waals surface area (Å²) in [5, 5.41) is 2.81. The molecule has 4 heteroatoms. The van der Waals surface area contributed by atoms with Crippen LogP contribution in [0.5, 0.6) is 0 Å². The molecular weight excluding hydrogens is 250 g/mol. The predicted octanol–water partition coefficient (Wildman–Crippen LogP) is 2.99. The molecule has 0 aliphatic heterocycles. The molecule has 0 unspecified atom stereocenters. The van der Waals surface area contributed by atoms with Crippen LogP contribution in [0.4, 0.5) is 0 Å². The van der Waals surface area contributed by atoms with Crippen molar-refractivity contribution in [3.05, 3.63) is 59.5 Å². The quantitative estimate of drug-likeness (QED) is 0.843. The van der Waals surface area contributed by atoms with Crippen molar-refractivity contribution in [3.8, 4) is 0 Å². The molecule has 1 aromatic heterocycles. The van der Waals surface area contributed by atoms with Gasteiger partial charge in [0.1, 0.15) is 5.76 Å². The van der Waals surface area contributed by atoms with E-state index < -0.39 is 0 Å². The normalized spacial score (nSPS) is 10.3. The SMILES string of the molecule is O=C(NCCc1ccccc1)c1ccc(CCl)o1. The predicted molar refractivity (Wildman–Crippen MR) is 70.7 cm³/mol. The monoisotopic (exact) mass is 263 g/mol. The molecule has 0 atom stereocenters. The lowest BCUT2D eigenvalue weighted by molar-refractivity contribution is 0.0925. The summed E-state index contributed by atoms with van der Waals surface area (Å²) >= 11 is 5.60. The van der Waals surface area contributed by atoms with E-state index in [1.165, 1.54) is 5.56 Å². The Balaban J connectivity index is 1.81. The van der Waals surface area contributed by atoms with Crippen LogP contribution >= 0.6 is 11.6 Å². The van der Waals surface area contributed by atoms with E-state index in [2.05, 4.69) is 5.32 Å². The third-order valence-corrected chi connectivity index (χ3v) is 2.82. The zero-order chi connectivity index (χ0) is 12.8. The molecule has 0 fully saturated rings. The van der Waals surface area contributed by atoms with Crippen molar-refractivity contribution in [2.75, 3.05) is 6.54 Å². The summed E-state index contributed by atoms with van der Waals surface area (Å²) in [6.45, 7) is 0.583. The Hall–Kier alpha value is -1.74. The molecule has 0 saturated heterocycles. The topological polar surface area (TPSA) is 42.2 Å². The minimum absolute atomic E-state index is 0.206. The summed E-state index contributed by atoms with van der Waals surface area (Å²) in [5.41, 5.74) is 1.19. The number of alkyl halides is 1. The molecular formula is C14H14ClNO2. The standard InChI is InChI=1S/C14H14ClNO2/c15-10-12-6-7-13(18-12)14(17)16-9-8-11-4-2-1-3-5-11/h1-7H,8-10H2,(H,16,17). The first-order chi connectivity index (χ1) is 8.79. The van der Waals surface area contributed by atoms with E-state index in [-0.39, 0.29) is 11.8 Å². The smallest absolute Gasteiger partial charge is 0.287 e. The average Bonchev–Trinajstić information content (AvgIpc) is 2.89. The summed E-state index contributed by atoms with van der Waals surface area (Å²) in [7, 11) is 0. The van der Waals surface area contributed by atoms with Gasteiger partial charge in [-0.05, 0) is 24.1 Å². The molecule has 1 N–H and O–H groups in total. The van der Waals surface area contributed by atoms with E-state index in [1.807, 2.05) is 30.3 Å². The molecule has 0 radical (unpaired) electrons. The van der Waals surface area contributed by atoms with E-state index in [0.29, 0.717) is 18.1 Å². The fourth-order valence-corrected chi connectivity index (χ4v) is 1.77. The van der Waals surface area contributed by atoms with Crippen LogP contribution in [0.1, 0.15) is 21.9 Å². The van der Waals surface area contributed by atoms with E-state index in [4.69, 9.17) is 16.0 Å². The third kappa shape index (κ3) is 3.37. The maximum absolute atomic E-state index is 11.7.